The van der Waals surface area contributed by atoms with Crippen molar-refractivity contribution in [1.29, 1.82) is 0 Å². The van der Waals surface area contributed by atoms with E-state index < -0.39 is 22.2 Å². The van der Waals surface area contributed by atoms with Crippen molar-refractivity contribution in [1.82, 2.24) is 14.2 Å². The Kier molecular flexibility index (Phi) is 7.52. The van der Waals surface area contributed by atoms with Crippen LogP contribution in [-0.2, 0) is 27.9 Å². The number of alkyl halides is 3. The van der Waals surface area contributed by atoms with Crippen molar-refractivity contribution in [3.63, 3.8) is 0 Å². The minimum Gasteiger partial charge on any atom is -0.475 e. The van der Waals surface area contributed by atoms with Gasteiger partial charge in [-0.1, -0.05) is 29.3 Å². The van der Waals surface area contributed by atoms with E-state index in [9.17, 15) is 21.6 Å². The highest BCUT2D eigenvalue weighted by molar-refractivity contribution is 7.90. The van der Waals surface area contributed by atoms with Crippen molar-refractivity contribution in [2.75, 3.05) is 19.6 Å². The van der Waals surface area contributed by atoms with Crippen LogP contribution in [0, 0.1) is 26.7 Å². The van der Waals surface area contributed by atoms with Crippen molar-refractivity contribution < 1.29 is 31.5 Å². The number of carbonyl (C=O) groups is 1. The molecular weight excluding hydrogens is 479 g/mol. The van der Waals surface area contributed by atoms with E-state index in [1.807, 2.05) is 12.3 Å². The Hall–Kier alpha value is -2.02. The zero-order valence-electron chi connectivity index (χ0n) is 18.5. The van der Waals surface area contributed by atoms with Crippen LogP contribution in [0.2, 0.25) is 0 Å². The average Bonchev–Trinajstić information content (AvgIpc) is 3.31. The molecule has 0 aliphatic carbocycles. The van der Waals surface area contributed by atoms with E-state index in [4.69, 9.17) is 9.90 Å². The Morgan fingerprint density at radius 3 is 2.21 bits per heavy atom. The van der Waals surface area contributed by atoms with E-state index in [0.717, 1.165) is 23.8 Å². The minimum atomic E-state index is -5.08. The normalized spacial score (nSPS) is 22.6. The molecule has 0 bridgehead atoms. The lowest BCUT2D eigenvalue weighted by Gasteiger charge is -2.21. The highest BCUT2D eigenvalue weighted by atomic mass is 32.2. The molecule has 2 aliphatic rings. The molecule has 2 aliphatic heterocycles. The molecule has 12 heteroatoms. The molecule has 1 aromatic heterocycles. The third kappa shape index (κ3) is 6.31. The molecule has 2 aromatic rings. The topological polar surface area (TPSA) is 90.8 Å². The van der Waals surface area contributed by atoms with E-state index in [2.05, 4.69) is 41.9 Å². The molecule has 3 heterocycles. The number of rotatable bonds is 4. The number of nitrogens with zero attached hydrogens (tertiary/aromatic N) is 3. The van der Waals surface area contributed by atoms with E-state index in [0.29, 0.717) is 19.6 Å². The number of fused-ring (bicyclic) bond motifs is 1. The molecule has 182 valence electrons. The number of likely N-dealkylation sites (tertiary alicyclic amines) is 1. The molecular formula is C21H26F3N3O4S2. The SMILES string of the molecule is Cc1cc(C)cc(CN2CC3CN(Cc4csc(C)n4)S(=O)(=O)C3C2)c1.O=C(O)C(F)(F)F. The van der Waals surface area contributed by atoms with Gasteiger partial charge in [0.25, 0.3) is 0 Å². The number of carboxylic acids is 1. The molecule has 0 radical (unpaired) electrons. The predicted molar refractivity (Wildman–Crippen MR) is 118 cm³/mol. The van der Waals surface area contributed by atoms with Crippen LogP contribution in [0.15, 0.2) is 23.6 Å². The number of aryl methyl sites for hydroxylation is 3. The second-order valence-electron chi connectivity index (χ2n) is 8.49. The number of sulfonamides is 1. The summed E-state index contributed by atoms with van der Waals surface area (Å²) in [4.78, 5) is 15.6. The second-order valence-corrected chi connectivity index (χ2v) is 11.7. The minimum absolute atomic E-state index is 0.200. The molecule has 7 nitrogen and oxygen atoms in total. The van der Waals surface area contributed by atoms with E-state index in [1.165, 1.54) is 16.7 Å². The summed E-state index contributed by atoms with van der Waals surface area (Å²) in [5.74, 6) is -2.56. The van der Waals surface area contributed by atoms with Gasteiger partial charge in [-0.3, -0.25) is 4.90 Å². The summed E-state index contributed by atoms with van der Waals surface area (Å²) in [5.41, 5.74) is 4.66. The van der Waals surface area contributed by atoms with Gasteiger partial charge in [-0.25, -0.2) is 18.2 Å². The van der Waals surface area contributed by atoms with Gasteiger partial charge in [-0.15, -0.1) is 11.3 Å². The number of thiazole rings is 1. The summed E-state index contributed by atoms with van der Waals surface area (Å²) in [6.07, 6.45) is -5.08. The predicted octanol–water partition coefficient (Wildman–Crippen LogP) is 3.35. The second kappa shape index (κ2) is 9.69. The third-order valence-electron chi connectivity index (χ3n) is 5.57. The van der Waals surface area contributed by atoms with Gasteiger partial charge in [-0.05, 0) is 26.3 Å². The molecule has 0 amide bonds. The Bertz CT molecular complexity index is 1100. The lowest BCUT2D eigenvalue weighted by molar-refractivity contribution is -0.192. The molecule has 1 aromatic carbocycles. The van der Waals surface area contributed by atoms with Crippen LogP contribution in [0.4, 0.5) is 13.2 Å². The third-order valence-corrected chi connectivity index (χ3v) is 8.69. The van der Waals surface area contributed by atoms with Gasteiger partial charge in [0.2, 0.25) is 10.0 Å². The molecule has 1 N–H and O–H groups in total. The molecule has 0 saturated carbocycles. The number of hydrogen-bond acceptors (Lipinski definition) is 6. The number of aliphatic carboxylic acids is 1. The summed E-state index contributed by atoms with van der Waals surface area (Å²) >= 11 is 1.57. The maximum absolute atomic E-state index is 13.0. The van der Waals surface area contributed by atoms with Gasteiger partial charge in [0, 0.05) is 37.5 Å². The number of aromatic nitrogens is 1. The molecule has 33 heavy (non-hydrogen) atoms. The quantitative estimate of drug-likeness (QED) is 0.686. The Morgan fingerprint density at radius 1 is 1.12 bits per heavy atom. The standard InChI is InChI=1S/C19H25N3O2S2.C2HF3O2/c1-13-4-14(2)6-16(5-13)7-21-8-17-9-22(26(23,24)19(17)11-21)10-18-12-25-15(3)20-18;3-2(4,5)1(6)7/h4-6,12,17,19H,7-11H2,1-3H3;(H,6,7). The highest BCUT2D eigenvalue weighted by Gasteiger charge is 2.50. The Morgan fingerprint density at radius 2 is 1.73 bits per heavy atom. The fourth-order valence-electron chi connectivity index (χ4n) is 4.36. The summed E-state index contributed by atoms with van der Waals surface area (Å²) in [5, 5.41) is 9.80. The fourth-order valence-corrected chi connectivity index (χ4v) is 7.12. The van der Waals surface area contributed by atoms with Gasteiger partial charge in [-0.2, -0.15) is 17.5 Å². The smallest absolute Gasteiger partial charge is 0.475 e. The first-order valence-electron chi connectivity index (χ1n) is 10.3. The van der Waals surface area contributed by atoms with E-state index in [1.54, 1.807) is 15.6 Å². The summed E-state index contributed by atoms with van der Waals surface area (Å²) < 4.78 is 59.3. The number of halogens is 3. The van der Waals surface area contributed by atoms with Crippen molar-refractivity contribution in [3.05, 3.63) is 51.0 Å². The van der Waals surface area contributed by atoms with Gasteiger partial charge < -0.3 is 5.11 Å². The largest absolute Gasteiger partial charge is 0.490 e. The molecule has 0 spiro atoms. The van der Waals surface area contributed by atoms with Gasteiger partial charge >= 0.3 is 12.1 Å². The van der Waals surface area contributed by atoms with E-state index >= 15 is 0 Å². The van der Waals surface area contributed by atoms with Crippen LogP contribution in [0.5, 0.6) is 0 Å². The lowest BCUT2D eigenvalue weighted by Crippen LogP contribution is -2.34. The Labute approximate surface area is 194 Å². The first-order valence-corrected chi connectivity index (χ1v) is 12.6. The van der Waals surface area contributed by atoms with Crippen LogP contribution in [0.1, 0.15) is 27.4 Å². The van der Waals surface area contributed by atoms with Crippen LogP contribution in [0.3, 0.4) is 0 Å². The van der Waals surface area contributed by atoms with Gasteiger partial charge in [0.05, 0.1) is 22.5 Å². The molecule has 2 fully saturated rings. The van der Waals surface area contributed by atoms with Crippen molar-refractivity contribution >= 4 is 27.3 Å². The average molecular weight is 506 g/mol. The maximum atomic E-state index is 13.0. The van der Waals surface area contributed by atoms with Gasteiger partial charge in [0.15, 0.2) is 0 Å². The number of hydrogen-bond donors (Lipinski definition) is 1. The maximum Gasteiger partial charge on any atom is 0.490 e. The summed E-state index contributed by atoms with van der Waals surface area (Å²) in [6, 6.07) is 6.57. The molecule has 2 unspecified atom stereocenters. The van der Waals surface area contributed by atoms with Crippen molar-refractivity contribution in [2.45, 2.75) is 45.3 Å². The van der Waals surface area contributed by atoms with Gasteiger partial charge in [0.1, 0.15) is 0 Å². The summed E-state index contributed by atoms with van der Waals surface area (Å²) in [7, 11) is -3.24. The van der Waals surface area contributed by atoms with Crippen LogP contribution >= 0.6 is 11.3 Å². The van der Waals surface area contributed by atoms with Crippen LogP contribution < -0.4 is 0 Å². The lowest BCUT2D eigenvalue weighted by atomic mass is 10.1. The number of carboxylic acid groups (broad SMARTS) is 1. The highest BCUT2D eigenvalue weighted by Crippen LogP contribution is 2.35. The molecule has 4 rings (SSSR count). The first kappa shape index (κ1) is 25.6. The monoisotopic (exact) mass is 505 g/mol. The summed E-state index contributed by atoms with van der Waals surface area (Å²) in [6.45, 7) is 9.51. The first-order chi connectivity index (χ1) is 15.3. The molecule has 2 saturated heterocycles. The zero-order chi connectivity index (χ0) is 24.6. The van der Waals surface area contributed by atoms with Crippen molar-refractivity contribution in [2.24, 2.45) is 5.92 Å². The van der Waals surface area contributed by atoms with Crippen LogP contribution in [-0.4, -0.2) is 64.7 Å². The fraction of sp³-hybridized carbons (Fsp3) is 0.524. The Balaban J connectivity index is 0.000000383. The van der Waals surface area contributed by atoms with Crippen LogP contribution in [0.25, 0.3) is 0 Å². The van der Waals surface area contributed by atoms with E-state index in [-0.39, 0.29) is 11.2 Å². The number of benzene rings is 1. The van der Waals surface area contributed by atoms with Crippen molar-refractivity contribution in [3.8, 4) is 0 Å². The zero-order valence-corrected chi connectivity index (χ0v) is 20.1. The molecule has 2 atom stereocenters.